The van der Waals surface area contributed by atoms with Gasteiger partial charge < -0.3 is 5.32 Å². The molecule has 0 aliphatic heterocycles. The number of rotatable bonds is 6. The van der Waals surface area contributed by atoms with E-state index in [0.717, 1.165) is 26.1 Å². The normalized spacial score (nSPS) is 10.8. The van der Waals surface area contributed by atoms with Crippen LogP contribution in [0.25, 0.3) is 0 Å². The predicted molar refractivity (Wildman–Crippen MR) is 74.5 cm³/mol. The van der Waals surface area contributed by atoms with Crippen LogP contribution in [0.15, 0.2) is 36.7 Å². The van der Waals surface area contributed by atoms with Gasteiger partial charge in [-0.05, 0) is 49.6 Å². The maximum atomic E-state index is 4.18. The van der Waals surface area contributed by atoms with Crippen LogP contribution in [0.1, 0.15) is 23.1 Å². The van der Waals surface area contributed by atoms with Crippen LogP contribution in [0.3, 0.4) is 0 Å². The van der Waals surface area contributed by atoms with Gasteiger partial charge in [0, 0.05) is 25.5 Å². The molecule has 0 bridgehead atoms. The van der Waals surface area contributed by atoms with Crippen LogP contribution in [0.2, 0.25) is 0 Å². The molecule has 0 aliphatic rings. The van der Waals surface area contributed by atoms with Crippen LogP contribution in [0.4, 0.5) is 0 Å². The van der Waals surface area contributed by atoms with E-state index in [2.05, 4.69) is 42.5 Å². The van der Waals surface area contributed by atoms with Gasteiger partial charge in [-0.1, -0.05) is 18.2 Å². The van der Waals surface area contributed by atoms with Gasteiger partial charge in [-0.3, -0.25) is 4.68 Å². The van der Waals surface area contributed by atoms with Crippen LogP contribution in [-0.4, -0.2) is 16.3 Å². The second-order valence-electron chi connectivity index (χ2n) is 4.72. The van der Waals surface area contributed by atoms with Gasteiger partial charge >= 0.3 is 0 Å². The fourth-order valence-electron chi connectivity index (χ4n) is 1.94. The molecule has 0 saturated carbocycles. The largest absolute Gasteiger partial charge is 0.313 e. The molecule has 18 heavy (non-hydrogen) atoms. The molecular formula is C15H21N3. The molecule has 2 rings (SSSR count). The van der Waals surface area contributed by atoms with Crippen molar-refractivity contribution in [1.82, 2.24) is 15.1 Å². The number of nitrogens with zero attached hydrogens (tertiary/aromatic N) is 2. The third-order valence-corrected chi connectivity index (χ3v) is 3.20. The van der Waals surface area contributed by atoms with E-state index in [1.807, 2.05) is 23.1 Å². The molecule has 0 spiro atoms. The summed E-state index contributed by atoms with van der Waals surface area (Å²) in [7, 11) is 0. The summed E-state index contributed by atoms with van der Waals surface area (Å²) in [6.07, 6.45) is 4.93. The SMILES string of the molecule is Cc1ccc(CNCCCn2cccn2)cc1C. The Morgan fingerprint density at radius 1 is 1.22 bits per heavy atom. The van der Waals surface area contributed by atoms with Crippen LogP contribution >= 0.6 is 0 Å². The molecular weight excluding hydrogens is 222 g/mol. The van der Waals surface area contributed by atoms with Crippen molar-refractivity contribution in [2.45, 2.75) is 33.4 Å². The van der Waals surface area contributed by atoms with E-state index in [-0.39, 0.29) is 0 Å². The lowest BCUT2D eigenvalue weighted by Gasteiger charge is -2.07. The van der Waals surface area contributed by atoms with Gasteiger partial charge in [0.2, 0.25) is 0 Å². The summed E-state index contributed by atoms with van der Waals surface area (Å²) in [6, 6.07) is 8.61. The summed E-state index contributed by atoms with van der Waals surface area (Å²) < 4.78 is 1.97. The summed E-state index contributed by atoms with van der Waals surface area (Å²) in [5.74, 6) is 0. The number of aryl methyl sites for hydroxylation is 3. The number of hydrogen-bond acceptors (Lipinski definition) is 2. The summed E-state index contributed by atoms with van der Waals surface area (Å²) in [4.78, 5) is 0. The van der Waals surface area contributed by atoms with Gasteiger partial charge in [-0.25, -0.2) is 0 Å². The molecule has 0 radical (unpaired) electrons. The van der Waals surface area contributed by atoms with E-state index in [0.29, 0.717) is 0 Å². The van der Waals surface area contributed by atoms with Crippen LogP contribution in [0, 0.1) is 13.8 Å². The van der Waals surface area contributed by atoms with Crippen molar-refractivity contribution in [2.24, 2.45) is 0 Å². The average Bonchev–Trinajstić information content (AvgIpc) is 2.86. The van der Waals surface area contributed by atoms with Crippen molar-refractivity contribution in [3.63, 3.8) is 0 Å². The van der Waals surface area contributed by atoms with Crippen molar-refractivity contribution in [3.8, 4) is 0 Å². The van der Waals surface area contributed by atoms with Gasteiger partial charge in [0.1, 0.15) is 0 Å². The molecule has 3 nitrogen and oxygen atoms in total. The van der Waals surface area contributed by atoms with Crippen LogP contribution < -0.4 is 5.32 Å². The third kappa shape index (κ3) is 3.70. The molecule has 2 aromatic rings. The second kappa shape index (κ2) is 6.36. The van der Waals surface area contributed by atoms with E-state index in [1.54, 1.807) is 0 Å². The number of hydrogen-bond donors (Lipinski definition) is 1. The lowest BCUT2D eigenvalue weighted by molar-refractivity contribution is 0.543. The maximum Gasteiger partial charge on any atom is 0.0489 e. The monoisotopic (exact) mass is 243 g/mol. The highest BCUT2D eigenvalue weighted by atomic mass is 15.3. The molecule has 1 aromatic heterocycles. The molecule has 0 amide bonds. The predicted octanol–water partition coefficient (Wildman–Crippen LogP) is 2.68. The first-order valence-electron chi connectivity index (χ1n) is 6.50. The van der Waals surface area contributed by atoms with Gasteiger partial charge in [0.25, 0.3) is 0 Å². The van der Waals surface area contributed by atoms with E-state index in [9.17, 15) is 0 Å². The average molecular weight is 243 g/mol. The minimum atomic E-state index is 0.945. The maximum absolute atomic E-state index is 4.18. The van der Waals surface area contributed by atoms with Crippen molar-refractivity contribution >= 4 is 0 Å². The van der Waals surface area contributed by atoms with E-state index in [4.69, 9.17) is 0 Å². The Bertz CT molecular complexity index is 474. The zero-order valence-corrected chi connectivity index (χ0v) is 11.2. The molecule has 0 atom stereocenters. The smallest absolute Gasteiger partial charge is 0.0489 e. The minimum Gasteiger partial charge on any atom is -0.313 e. The van der Waals surface area contributed by atoms with Crippen LogP contribution in [-0.2, 0) is 13.1 Å². The molecule has 0 aliphatic carbocycles. The highest BCUT2D eigenvalue weighted by Gasteiger charge is 1.96. The Labute approximate surface area is 109 Å². The van der Waals surface area contributed by atoms with Crippen molar-refractivity contribution in [3.05, 3.63) is 53.3 Å². The second-order valence-corrected chi connectivity index (χ2v) is 4.72. The van der Waals surface area contributed by atoms with E-state index >= 15 is 0 Å². The van der Waals surface area contributed by atoms with Crippen molar-refractivity contribution in [2.75, 3.05) is 6.54 Å². The van der Waals surface area contributed by atoms with E-state index < -0.39 is 0 Å². The fourth-order valence-corrected chi connectivity index (χ4v) is 1.94. The first-order chi connectivity index (χ1) is 8.75. The standard InChI is InChI=1S/C15H21N3/c1-13-5-6-15(11-14(13)2)12-16-7-3-9-18-10-4-8-17-18/h4-6,8,10-11,16H,3,7,9,12H2,1-2H3. The Morgan fingerprint density at radius 3 is 2.83 bits per heavy atom. The lowest BCUT2D eigenvalue weighted by atomic mass is 10.1. The highest BCUT2D eigenvalue weighted by Crippen LogP contribution is 2.09. The van der Waals surface area contributed by atoms with E-state index in [1.165, 1.54) is 16.7 Å². The zero-order valence-electron chi connectivity index (χ0n) is 11.2. The van der Waals surface area contributed by atoms with Crippen LogP contribution in [0.5, 0.6) is 0 Å². The quantitative estimate of drug-likeness (QED) is 0.791. The van der Waals surface area contributed by atoms with Gasteiger partial charge in [-0.15, -0.1) is 0 Å². The summed E-state index contributed by atoms with van der Waals surface area (Å²) in [6.45, 7) is 7.26. The number of aromatic nitrogens is 2. The molecule has 3 heteroatoms. The third-order valence-electron chi connectivity index (χ3n) is 3.20. The molecule has 96 valence electrons. The fraction of sp³-hybridized carbons (Fsp3) is 0.400. The lowest BCUT2D eigenvalue weighted by Crippen LogP contribution is -2.16. The topological polar surface area (TPSA) is 29.9 Å². The first kappa shape index (κ1) is 12.8. The Morgan fingerprint density at radius 2 is 2.11 bits per heavy atom. The Hall–Kier alpha value is -1.61. The Kier molecular flexibility index (Phi) is 4.53. The van der Waals surface area contributed by atoms with Crippen molar-refractivity contribution in [1.29, 1.82) is 0 Å². The first-order valence-corrected chi connectivity index (χ1v) is 6.50. The summed E-state index contributed by atoms with van der Waals surface area (Å²) in [5.41, 5.74) is 4.08. The number of benzene rings is 1. The Balaban J connectivity index is 1.67. The van der Waals surface area contributed by atoms with Gasteiger partial charge in [0.05, 0.1) is 0 Å². The summed E-state index contributed by atoms with van der Waals surface area (Å²) >= 11 is 0. The van der Waals surface area contributed by atoms with Gasteiger partial charge in [0.15, 0.2) is 0 Å². The minimum absolute atomic E-state index is 0.945. The molecule has 0 fully saturated rings. The summed E-state index contributed by atoms with van der Waals surface area (Å²) in [5, 5.41) is 7.65. The molecule has 0 saturated heterocycles. The number of nitrogens with one attached hydrogen (secondary N) is 1. The highest BCUT2D eigenvalue weighted by molar-refractivity contribution is 5.29. The van der Waals surface area contributed by atoms with Crippen molar-refractivity contribution < 1.29 is 0 Å². The molecule has 0 unspecified atom stereocenters. The molecule has 1 aromatic carbocycles. The van der Waals surface area contributed by atoms with Gasteiger partial charge in [-0.2, -0.15) is 5.10 Å². The molecule has 1 heterocycles. The molecule has 1 N–H and O–H groups in total. The zero-order chi connectivity index (χ0) is 12.8.